The topological polar surface area (TPSA) is 90.1 Å². The van der Waals surface area contributed by atoms with Gasteiger partial charge in [0.25, 0.3) is 5.56 Å². The molecule has 1 atom stereocenters. The van der Waals surface area contributed by atoms with Gasteiger partial charge < -0.3 is 20.5 Å². The van der Waals surface area contributed by atoms with Gasteiger partial charge in [-0.25, -0.2) is 0 Å². The molecule has 7 nitrogen and oxygen atoms in total. The zero-order chi connectivity index (χ0) is 19.1. The van der Waals surface area contributed by atoms with Crippen LogP contribution in [0.5, 0.6) is 0 Å². The molecule has 1 aliphatic rings. The number of piperidine rings is 1. The van der Waals surface area contributed by atoms with Crippen LogP contribution in [0.3, 0.4) is 0 Å². The minimum absolute atomic E-state index is 0.0104. The maximum atomic E-state index is 12.3. The Labute approximate surface area is 158 Å². The lowest BCUT2D eigenvalue weighted by Gasteiger charge is -2.33. The van der Waals surface area contributed by atoms with Gasteiger partial charge in [0.15, 0.2) is 0 Å². The Bertz CT molecular complexity index is 847. The van der Waals surface area contributed by atoms with Crippen molar-refractivity contribution in [3.63, 3.8) is 0 Å². The van der Waals surface area contributed by atoms with Crippen LogP contribution >= 0.6 is 0 Å². The van der Waals surface area contributed by atoms with Crippen LogP contribution in [0.15, 0.2) is 53.7 Å². The van der Waals surface area contributed by atoms with E-state index in [1.165, 1.54) is 0 Å². The predicted molar refractivity (Wildman–Crippen MR) is 107 cm³/mol. The highest BCUT2D eigenvalue weighted by molar-refractivity contribution is 5.87. The first kappa shape index (κ1) is 18.8. The number of likely N-dealkylation sites (tertiary alicyclic amines) is 1. The Hall–Kier alpha value is -2.93. The van der Waals surface area contributed by atoms with E-state index in [0.29, 0.717) is 18.8 Å². The maximum Gasteiger partial charge on any atom is 0.271 e. The number of nitrogens with one attached hydrogen (secondary N) is 3. The average molecular weight is 367 g/mol. The largest absolute Gasteiger partial charge is 0.376 e. The van der Waals surface area contributed by atoms with Crippen molar-refractivity contribution in [2.24, 2.45) is 0 Å². The molecule has 2 aromatic heterocycles. The Morgan fingerprint density at radius 2 is 2.19 bits per heavy atom. The number of H-pyrrole nitrogens is 1. The summed E-state index contributed by atoms with van der Waals surface area (Å²) in [6.07, 6.45) is 10.4. The molecule has 0 bridgehead atoms. The number of aromatic amines is 1. The molecule has 1 unspecified atom stereocenters. The number of anilines is 1. The molecular formula is C20H25N5O2. The first-order chi connectivity index (χ1) is 13.2. The number of pyridine rings is 2. The van der Waals surface area contributed by atoms with Crippen LogP contribution in [0.1, 0.15) is 12.8 Å². The summed E-state index contributed by atoms with van der Waals surface area (Å²) in [6.45, 7) is 1.99. The second kappa shape index (κ2) is 9.14. The number of nitrogens with zero attached hydrogens (tertiary/aromatic N) is 2. The van der Waals surface area contributed by atoms with Gasteiger partial charge in [0, 0.05) is 55.9 Å². The van der Waals surface area contributed by atoms with Crippen LogP contribution in [0, 0.1) is 0 Å². The molecule has 142 valence electrons. The molecule has 3 rings (SSSR count). The number of likely N-dealkylation sites (N-methyl/N-ethyl adjacent to an activating group) is 1. The molecule has 27 heavy (non-hydrogen) atoms. The van der Waals surface area contributed by atoms with Crippen LogP contribution in [0.25, 0.3) is 11.1 Å². The van der Waals surface area contributed by atoms with Gasteiger partial charge in [-0.1, -0.05) is 6.08 Å². The number of carbonyl (C=O) groups is 1. The van der Waals surface area contributed by atoms with E-state index >= 15 is 0 Å². The minimum Gasteiger partial charge on any atom is -0.376 e. The molecule has 1 saturated heterocycles. The summed E-state index contributed by atoms with van der Waals surface area (Å²) in [5.41, 5.74) is 2.26. The smallest absolute Gasteiger partial charge is 0.271 e. The zero-order valence-electron chi connectivity index (χ0n) is 15.4. The third-order valence-corrected chi connectivity index (χ3v) is 4.59. The van der Waals surface area contributed by atoms with E-state index in [1.807, 2.05) is 36.2 Å². The van der Waals surface area contributed by atoms with Crippen molar-refractivity contribution in [3.8, 4) is 11.1 Å². The molecule has 0 aliphatic carbocycles. The van der Waals surface area contributed by atoms with E-state index < -0.39 is 0 Å². The van der Waals surface area contributed by atoms with E-state index in [-0.39, 0.29) is 17.5 Å². The van der Waals surface area contributed by atoms with Gasteiger partial charge in [-0.2, -0.15) is 0 Å². The van der Waals surface area contributed by atoms with E-state index in [1.54, 1.807) is 24.7 Å². The Morgan fingerprint density at radius 1 is 1.37 bits per heavy atom. The lowest BCUT2D eigenvalue weighted by atomic mass is 10.0. The third-order valence-electron chi connectivity index (χ3n) is 4.59. The standard InChI is InChI=1S/C20H25N5O2/c1-21-8-2-5-19(26)25-11-3-4-17(14-25)24-18-12-16(13-23-20(18)27)15-6-9-22-10-7-15/h2,5-7,9-10,12-13,17,21,24H,3-4,8,11,14H2,1H3,(H,23,27)/b5-2+. The average Bonchev–Trinajstić information content (AvgIpc) is 2.70. The molecule has 0 radical (unpaired) electrons. The highest BCUT2D eigenvalue weighted by Crippen LogP contribution is 2.20. The fourth-order valence-electron chi connectivity index (χ4n) is 3.20. The summed E-state index contributed by atoms with van der Waals surface area (Å²) in [6, 6.07) is 5.70. The summed E-state index contributed by atoms with van der Waals surface area (Å²) in [7, 11) is 1.84. The van der Waals surface area contributed by atoms with Crippen molar-refractivity contribution in [1.29, 1.82) is 0 Å². The van der Waals surface area contributed by atoms with E-state index in [0.717, 1.165) is 30.5 Å². The van der Waals surface area contributed by atoms with Gasteiger partial charge in [0.2, 0.25) is 5.91 Å². The van der Waals surface area contributed by atoms with Crippen molar-refractivity contribution in [3.05, 3.63) is 59.3 Å². The van der Waals surface area contributed by atoms with Crippen LogP contribution in [0.4, 0.5) is 5.69 Å². The highest BCUT2D eigenvalue weighted by atomic mass is 16.2. The number of aromatic nitrogens is 2. The molecule has 3 N–H and O–H groups in total. The molecule has 0 spiro atoms. The van der Waals surface area contributed by atoms with Crippen molar-refractivity contribution in [2.75, 3.05) is 32.0 Å². The number of rotatable bonds is 6. The molecule has 7 heteroatoms. The predicted octanol–water partition coefficient (Wildman–Crippen LogP) is 1.62. The Balaban J connectivity index is 1.69. The minimum atomic E-state index is -0.162. The van der Waals surface area contributed by atoms with Gasteiger partial charge in [0.1, 0.15) is 5.69 Å². The molecule has 0 aromatic carbocycles. The SMILES string of the molecule is CNC/C=C/C(=O)N1CCCC(Nc2cc(-c3ccncc3)c[nH]c2=O)C1. The summed E-state index contributed by atoms with van der Waals surface area (Å²) < 4.78 is 0. The highest BCUT2D eigenvalue weighted by Gasteiger charge is 2.23. The molecule has 3 heterocycles. The summed E-state index contributed by atoms with van der Waals surface area (Å²) >= 11 is 0. The molecule has 1 amide bonds. The van der Waals surface area contributed by atoms with E-state index in [4.69, 9.17) is 0 Å². The molecule has 1 aliphatic heterocycles. The van der Waals surface area contributed by atoms with Crippen LogP contribution in [-0.2, 0) is 4.79 Å². The van der Waals surface area contributed by atoms with E-state index in [9.17, 15) is 9.59 Å². The number of amides is 1. The number of carbonyl (C=O) groups excluding carboxylic acids is 1. The quantitative estimate of drug-likeness (QED) is 0.675. The Morgan fingerprint density at radius 3 is 2.96 bits per heavy atom. The fraction of sp³-hybridized carbons (Fsp3) is 0.350. The molecule has 2 aromatic rings. The summed E-state index contributed by atoms with van der Waals surface area (Å²) in [5.74, 6) is 0.0104. The van der Waals surface area contributed by atoms with Crippen molar-refractivity contribution < 1.29 is 4.79 Å². The van der Waals surface area contributed by atoms with Gasteiger partial charge in [-0.3, -0.25) is 14.6 Å². The maximum absolute atomic E-state index is 12.3. The van der Waals surface area contributed by atoms with E-state index in [2.05, 4.69) is 20.6 Å². The van der Waals surface area contributed by atoms with Gasteiger partial charge in [-0.05, 0) is 43.7 Å². The van der Waals surface area contributed by atoms with Crippen LogP contribution in [-0.4, -0.2) is 53.5 Å². The fourth-order valence-corrected chi connectivity index (χ4v) is 3.20. The first-order valence-corrected chi connectivity index (χ1v) is 9.17. The lowest BCUT2D eigenvalue weighted by molar-refractivity contribution is -0.127. The van der Waals surface area contributed by atoms with Gasteiger partial charge >= 0.3 is 0 Å². The van der Waals surface area contributed by atoms with Crippen molar-refractivity contribution in [1.82, 2.24) is 20.2 Å². The summed E-state index contributed by atoms with van der Waals surface area (Å²) in [4.78, 5) is 33.2. The third kappa shape index (κ3) is 5.04. The second-order valence-electron chi connectivity index (χ2n) is 6.59. The molecular weight excluding hydrogens is 342 g/mol. The van der Waals surface area contributed by atoms with Gasteiger partial charge in [-0.15, -0.1) is 0 Å². The normalized spacial score (nSPS) is 17.2. The van der Waals surface area contributed by atoms with Gasteiger partial charge in [0.05, 0.1) is 0 Å². The monoisotopic (exact) mass is 367 g/mol. The molecule has 0 saturated carbocycles. The Kier molecular flexibility index (Phi) is 6.38. The van der Waals surface area contributed by atoms with Crippen molar-refractivity contribution >= 4 is 11.6 Å². The zero-order valence-corrected chi connectivity index (χ0v) is 15.4. The molecule has 1 fully saturated rings. The lowest BCUT2D eigenvalue weighted by Crippen LogP contribution is -2.45. The second-order valence-corrected chi connectivity index (χ2v) is 6.59. The van der Waals surface area contributed by atoms with Crippen LogP contribution < -0.4 is 16.2 Å². The first-order valence-electron chi connectivity index (χ1n) is 9.17. The number of hydrogen-bond acceptors (Lipinski definition) is 5. The summed E-state index contributed by atoms with van der Waals surface area (Å²) in [5, 5.41) is 6.30. The van der Waals surface area contributed by atoms with Crippen LogP contribution in [0.2, 0.25) is 0 Å². The van der Waals surface area contributed by atoms with Crippen molar-refractivity contribution in [2.45, 2.75) is 18.9 Å². The number of hydrogen-bond donors (Lipinski definition) is 3.